The van der Waals surface area contributed by atoms with Gasteiger partial charge in [0.15, 0.2) is 9.84 Å². The van der Waals surface area contributed by atoms with Crippen molar-refractivity contribution in [2.75, 3.05) is 25.5 Å². The molecule has 11 heteroatoms. The molecular formula is C20H22N4O6S. The molecule has 31 heavy (non-hydrogen) atoms. The summed E-state index contributed by atoms with van der Waals surface area (Å²) in [7, 11) is -2.02. The van der Waals surface area contributed by atoms with Crippen molar-refractivity contribution < 1.29 is 27.5 Å². The number of hydrogen-bond donors (Lipinski definition) is 1. The maximum absolute atomic E-state index is 12.7. The standard InChI is InChI=1S/C20H22N4O6S/c1-30-20(27)13-7-9-23(10-8-13)19(26)18(25)21-17-15-11-31(28,29)12-16(15)22-24(17)14-5-3-2-4-6-14/h2-6,13H,7-12H2,1H3,(H,21,25). The van der Waals surface area contributed by atoms with Crippen molar-refractivity contribution in [3.05, 3.63) is 41.6 Å². The molecule has 3 heterocycles. The van der Waals surface area contributed by atoms with Crippen LogP contribution in [-0.4, -0.2) is 61.1 Å². The number of likely N-dealkylation sites (tertiary alicyclic amines) is 1. The van der Waals surface area contributed by atoms with Crippen LogP contribution in [0.5, 0.6) is 0 Å². The summed E-state index contributed by atoms with van der Waals surface area (Å²) in [5, 5.41) is 6.95. The van der Waals surface area contributed by atoms with Crippen molar-refractivity contribution in [2.24, 2.45) is 5.92 Å². The minimum absolute atomic E-state index is 0.185. The Balaban J connectivity index is 1.54. The van der Waals surface area contributed by atoms with Crippen molar-refractivity contribution in [1.29, 1.82) is 0 Å². The average molecular weight is 446 g/mol. The molecule has 0 aliphatic carbocycles. The van der Waals surface area contributed by atoms with E-state index in [-0.39, 0.29) is 42.3 Å². The number of amides is 2. The van der Waals surface area contributed by atoms with Crippen LogP contribution in [0.25, 0.3) is 5.69 Å². The molecule has 0 spiro atoms. The molecule has 2 aliphatic heterocycles. The Morgan fingerprint density at radius 2 is 1.77 bits per heavy atom. The van der Waals surface area contributed by atoms with Crippen LogP contribution in [0, 0.1) is 5.92 Å². The molecule has 1 aromatic carbocycles. The number of hydrogen-bond acceptors (Lipinski definition) is 7. The molecule has 2 aliphatic rings. The maximum atomic E-state index is 12.7. The number of fused-ring (bicyclic) bond motifs is 1. The topological polar surface area (TPSA) is 128 Å². The van der Waals surface area contributed by atoms with Gasteiger partial charge in [-0.05, 0) is 25.0 Å². The van der Waals surface area contributed by atoms with Crippen LogP contribution in [0.1, 0.15) is 24.1 Å². The average Bonchev–Trinajstić information content (AvgIpc) is 3.25. The predicted molar refractivity (Wildman–Crippen MR) is 110 cm³/mol. The number of benzene rings is 1. The zero-order valence-corrected chi connectivity index (χ0v) is 17.7. The van der Waals surface area contributed by atoms with Gasteiger partial charge >= 0.3 is 17.8 Å². The second-order valence-corrected chi connectivity index (χ2v) is 9.66. The van der Waals surface area contributed by atoms with Gasteiger partial charge in [0, 0.05) is 18.7 Å². The number of para-hydroxylation sites is 1. The lowest BCUT2D eigenvalue weighted by Crippen LogP contribution is -2.45. The lowest BCUT2D eigenvalue weighted by atomic mass is 9.97. The number of methoxy groups -OCH3 is 1. The second kappa shape index (κ2) is 8.14. The summed E-state index contributed by atoms with van der Waals surface area (Å²) in [6.45, 7) is 0.521. The van der Waals surface area contributed by atoms with Gasteiger partial charge in [-0.3, -0.25) is 14.4 Å². The molecule has 1 N–H and O–H groups in total. The first-order valence-corrected chi connectivity index (χ1v) is 11.7. The molecule has 10 nitrogen and oxygen atoms in total. The number of carbonyl (C=O) groups excluding carboxylic acids is 3. The molecule has 0 bridgehead atoms. The van der Waals surface area contributed by atoms with E-state index in [0.29, 0.717) is 29.8 Å². The lowest BCUT2D eigenvalue weighted by Gasteiger charge is -2.30. The number of rotatable bonds is 3. The Morgan fingerprint density at radius 1 is 1.10 bits per heavy atom. The summed E-state index contributed by atoms with van der Waals surface area (Å²) in [4.78, 5) is 38.5. The lowest BCUT2D eigenvalue weighted by molar-refractivity contribution is -0.150. The maximum Gasteiger partial charge on any atom is 0.315 e. The Kier molecular flexibility index (Phi) is 5.52. The summed E-state index contributed by atoms with van der Waals surface area (Å²) >= 11 is 0. The molecule has 0 radical (unpaired) electrons. The number of sulfone groups is 1. The number of carbonyl (C=O) groups is 3. The normalized spacial score (nSPS) is 17.8. The minimum Gasteiger partial charge on any atom is -0.469 e. The largest absolute Gasteiger partial charge is 0.469 e. The molecule has 0 saturated carbocycles. The van der Waals surface area contributed by atoms with Crippen LogP contribution in [0.3, 0.4) is 0 Å². The van der Waals surface area contributed by atoms with Crippen LogP contribution in [-0.2, 0) is 40.5 Å². The summed E-state index contributed by atoms with van der Waals surface area (Å²) in [5.74, 6) is -2.49. The van der Waals surface area contributed by atoms with Gasteiger partial charge in [0.2, 0.25) is 0 Å². The van der Waals surface area contributed by atoms with E-state index in [1.54, 1.807) is 24.3 Å². The number of aromatic nitrogens is 2. The van der Waals surface area contributed by atoms with Crippen molar-refractivity contribution in [3.63, 3.8) is 0 Å². The number of anilines is 1. The molecule has 1 aromatic heterocycles. The molecular weight excluding hydrogens is 424 g/mol. The Morgan fingerprint density at radius 3 is 2.42 bits per heavy atom. The van der Waals surface area contributed by atoms with Crippen molar-refractivity contribution in [3.8, 4) is 5.69 Å². The Labute approximate surface area is 179 Å². The number of esters is 1. The van der Waals surface area contributed by atoms with Gasteiger partial charge in [0.25, 0.3) is 0 Å². The van der Waals surface area contributed by atoms with Crippen LogP contribution < -0.4 is 5.32 Å². The van der Waals surface area contributed by atoms with E-state index in [4.69, 9.17) is 4.74 Å². The summed E-state index contributed by atoms with van der Waals surface area (Å²) < 4.78 is 30.3. The highest BCUT2D eigenvalue weighted by Crippen LogP contribution is 2.33. The number of piperidine rings is 1. The number of ether oxygens (including phenoxy) is 1. The van der Waals surface area contributed by atoms with Gasteiger partial charge < -0.3 is 15.0 Å². The highest BCUT2D eigenvalue weighted by Gasteiger charge is 2.35. The van der Waals surface area contributed by atoms with Gasteiger partial charge in [-0.2, -0.15) is 5.10 Å². The van der Waals surface area contributed by atoms with Crippen LogP contribution in [0.4, 0.5) is 5.82 Å². The third-order valence-electron chi connectivity index (χ3n) is 5.53. The van der Waals surface area contributed by atoms with E-state index in [9.17, 15) is 22.8 Å². The fourth-order valence-electron chi connectivity index (χ4n) is 3.92. The van der Waals surface area contributed by atoms with Gasteiger partial charge in [-0.15, -0.1) is 0 Å². The van der Waals surface area contributed by atoms with Gasteiger partial charge in [-0.1, -0.05) is 18.2 Å². The fraction of sp³-hybridized carbons (Fsp3) is 0.400. The third kappa shape index (κ3) is 4.18. The minimum atomic E-state index is -3.34. The third-order valence-corrected chi connectivity index (χ3v) is 6.97. The van der Waals surface area contributed by atoms with Crippen molar-refractivity contribution in [2.45, 2.75) is 24.3 Å². The zero-order chi connectivity index (χ0) is 22.2. The molecule has 164 valence electrons. The first-order valence-electron chi connectivity index (χ1n) is 9.84. The first-order chi connectivity index (χ1) is 14.8. The summed E-state index contributed by atoms with van der Waals surface area (Å²) in [6, 6.07) is 8.95. The van der Waals surface area contributed by atoms with Gasteiger partial charge in [0.05, 0.1) is 35.9 Å². The van der Waals surface area contributed by atoms with Crippen LogP contribution >= 0.6 is 0 Å². The first kappa shape index (κ1) is 21.0. The monoisotopic (exact) mass is 446 g/mol. The molecule has 1 saturated heterocycles. The molecule has 2 aromatic rings. The van der Waals surface area contributed by atoms with E-state index < -0.39 is 21.7 Å². The van der Waals surface area contributed by atoms with E-state index >= 15 is 0 Å². The van der Waals surface area contributed by atoms with E-state index in [2.05, 4.69) is 10.4 Å². The second-order valence-electron chi connectivity index (χ2n) is 7.60. The molecule has 4 rings (SSSR count). The number of nitrogens with zero attached hydrogens (tertiary/aromatic N) is 3. The summed E-state index contributed by atoms with van der Waals surface area (Å²) in [5.41, 5.74) is 1.40. The van der Waals surface area contributed by atoms with Gasteiger partial charge in [0.1, 0.15) is 5.82 Å². The summed E-state index contributed by atoms with van der Waals surface area (Å²) in [6.07, 6.45) is 0.836. The molecule has 0 unspecified atom stereocenters. The quantitative estimate of drug-likeness (QED) is 0.542. The Bertz CT molecular complexity index is 1130. The van der Waals surface area contributed by atoms with Crippen molar-refractivity contribution >= 4 is 33.4 Å². The zero-order valence-electron chi connectivity index (χ0n) is 16.9. The van der Waals surface area contributed by atoms with Crippen LogP contribution in [0.15, 0.2) is 30.3 Å². The number of nitrogens with one attached hydrogen (secondary N) is 1. The highest BCUT2D eigenvalue weighted by molar-refractivity contribution is 7.90. The van der Waals surface area contributed by atoms with E-state index in [1.165, 1.54) is 16.7 Å². The molecule has 1 fully saturated rings. The van der Waals surface area contributed by atoms with E-state index in [1.807, 2.05) is 6.07 Å². The smallest absolute Gasteiger partial charge is 0.315 e. The van der Waals surface area contributed by atoms with Gasteiger partial charge in [-0.25, -0.2) is 13.1 Å². The van der Waals surface area contributed by atoms with Crippen molar-refractivity contribution in [1.82, 2.24) is 14.7 Å². The predicted octanol–water partition coefficient (Wildman–Crippen LogP) is 0.651. The van der Waals surface area contributed by atoms with Crippen LogP contribution in [0.2, 0.25) is 0 Å². The Hall–Kier alpha value is -3.21. The SMILES string of the molecule is COC(=O)C1CCN(C(=O)C(=O)Nc2c3c(nn2-c2ccccc2)CS(=O)(=O)C3)CC1. The highest BCUT2D eigenvalue weighted by atomic mass is 32.2. The van der Waals surface area contributed by atoms with E-state index in [0.717, 1.165) is 0 Å². The molecule has 0 atom stereocenters. The molecule has 2 amide bonds. The fourth-order valence-corrected chi connectivity index (χ4v) is 5.41.